The van der Waals surface area contributed by atoms with Gasteiger partial charge in [-0.1, -0.05) is 15.9 Å². The lowest BCUT2D eigenvalue weighted by atomic mass is 10.1. The molecule has 1 aromatic heterocycles. The summed E-state index contributed by atoms with van der Waals surface area (Å²) in [6.45, 7) is 1.11. The van der Waals surface area contributed by atoms with Gasteiger partial charge in [-0.25, -0.2) is 0 Å². The summed E-state index contributed by atoms with van der Waals surface area (Å²) < 4.78 is 3.49. The van der Waals surface area contributed by atoms with E-state index in [0.717, 1.165) is 17.4 Å². The van der Waals surface area contributed by atoms with Gasteiger partial charge in [-0.05, 0) is 37.1 Å². The molecule has 1 aliphatic rings. The summed E-state index contributed by atoms with van der Waals surface area (Å²) in [5, 5.41) is 1.29. The SMILES string of the molecule is NC1CCCn2c1cc1cc(Br)ccc12. The Morgan fingerprint density at radius 3 is 3.07 bits per heavy atom. The molecule has 2 nitrogen and oxygen atoms in total. The maximum Gasteiger partial charge on any atom is 0.0483 e. The summed E-state index contributed by atoms with van der Waals surface area (Å²) in [5.74, 6) is 0. The van der Waals surface area contributed by atoms with Crippen molar-refractivity contribution in [2.45, 2.75) is 25.4 Å². The molecule has 0 fully saturated rings. The molecule has 15 heavy (non-hydrogen) atoms. The fraction of sp³-hybridized carbons (Fsp3) is 0.333. The lowest BCUT2D eigenvalue weighted by Gasteiger charge is -2.21. The van der Waals surface area contributed by atoms with Crippen LogP contribution in [0.4, 0.5) is 0 Å². The van der Waals surface area contributed by atoms with Gasteiger partial charge in [-0.2, -0.15) is 0 Å². The number of nitrogens with zero attached hydrogens (tertiary/aromatic N) is 1. The number of aryl methyl sites for hydroxylation is 1. The van der Waals surface area contributed by atoms with Crippen LogP contribution >= 0.6 is 15.9 Å². The van der Waals surface area contributed by atoms with E-state index in [1.54, 1.807) is 0 Å². The molecule has 1 aliphatic heterocycles. The molecular weight excluding hydrogens is 252 g/mol. The summed E-state index contributed by atoms with van der Waals surface area (Å²) in [4.78, 5) is 0. The molecule has 0 spiro atoms. The van der Waals surface area contributed by atoms with Crippen LogP contribution in [-0.2, 0) is 6.54 Å². The first-order chi connectivity index (χ1) is 7.25. The van der Waals surface area contributed by atoms with Gasteiger partial charge in [0.2, 0.25) is 0 Å². The summed E-state index contributed by atoms with van der Waals surface area (Å²) in [6, 6.07) is 8.86. The van der Waals surface area contributed by atoms with Crippen LogP contribution in [0.25, 0.3) is 10.9 Å². The Labute approximate surface area is 97.2 Å². The van der Waals surface area contributed by atoms with Crippen LogP contribution < -0.4 is 5.73 Å². The van der Waals surface area contributed by atoms with Crippen molar-refractivity contribution in [1.82, 2.24) is 4.57 Å². The number of benzene rings is 1. The summed E-state index contributed by atoms with van der Waals surface area (Å²) in [7, 11) is 0. The minimum Gasteiger partial charge on any atom is -0.343 e. The largest absolute Gasteiger partial charge is 0.343 e. The molecule has 0 amide bonds. The fourth-order valence-electron chi connectivity index (χ4n) is 2.44. The maximum atomic E-state index is 6.12. The summed E-state index contributed by atoms with van der Waals surface area (Å²) >= 11 is 3.50. The third kappa shape index (κ3) is 1.42. The lowest BCUT2D eigenvalue weighted by molar-refractivity contribution is 0.471. The van der Waals surface area contributed by atoms with Crippen molar-refractivity contribution in [3.8, 4) is 0 Å². The van der Waals surface area contributed by atoms with Crippen LogP contribution in [0.3, 0.4) is 0 Å². The molecule has 2 heterocycles. The Kier molecular flexibility index (Phi) is 2.11. The van der Waals surface area contributed by atoms with Gasteiger partial charge in [0.1, 0.15) is 0 Å². The molecular formula is C12H13BrN2. The second-order valence-corrected chi connectivity index (χ2v) is 5.09. The standard InChI is InChI=1S/C12H13BrN2/c13-9-3-4-11-8(6-9)7-12-10(14)2-1-5-15(11)12/h3-4,6-7,10H,1-2,5,14H2. The van der Waals surface area contributed by atoms with Crippen molar-refractivity contribution in [2.75, 3.05) is 0 Å². The van der Waals surface area contributed by atoms with E-state index < -0.39 is 0 Å². The van der Waals surface area contributed by atoms with Crippen molar-refractivity contribution in [3.63, 3.8) is 0 Å². The van der Waals surface area contributed by atoms with Gasteiger partial charge in [0.05, 0.1) is 0 Å². The van der Waals surface area contributed by atoms with Gasteiger partial charge >= 0.3 is 0 Å². The maximum absolute atomic E-state index is 6.12. The van der Waals surface area contributed by atoms with Gasteiger partial charge in [-0.3, -0.25) is 0 Å². The quantitative estimate of drug-likeness (QED) is 0.779. The smallest absolute Gasteiger partial charge is 0.0483 e. The Hall–Kier alpha value is -0.800. The summed E-state index contributed by atoms with van der Waals surface area (Å²) in [5.41, 5.74) is 8.71. The van der Waals surface area contributed by atoms with Gasteiger partial charge < -0.3 is 10.3 Å². The van der Waals surface area contributed by atoms with Crippen molar-refractivity contribution >= 4 is 26.8 Å². The molecule has 0 bridgehead atoms. The van der Waals surface area contributed by atoms with E-state index in [2.05, 4.69) is 44.8 Å². The summed E-state index contributed by atoms with van der Waals surface area (Å²) in [6.07, 6.45) is 2.30. The normalized spacial score (nSPS) is 20.5. The highest BCUT2D eigenvalue weighted by atomic mass is 79.9. The average molecular weight is 265 g/mol. The number of rotatable bonds is 0. The number of fused-ring (bicyclic) bond motifs is 3. The van der Waals surface area contributed by atoms with Crippen LogP contribution in [0.1, 0.15) is 24.6 Å². The van der Waals surface area contributed by atoms with Crippen molar-refractivity contribution in [2.24, 2.45) is 5.73 Å². The lowest BCUT2D eigenvalue weighted by Crippen LogP contribution is -2.20. The van der Waals surface area contributed by atoms with Crippen LogP contribution in [-0.4, -0.2) is 4.57 Å². The first kappa shape index (κ1) is 9.43. The van der Waals surface area contributed by atoms with E-state index >= 15 is 0 Å². The van der Waals surface area contributed by atoms with Gasteiger partial charge in [0, 0.05) is 33.7 Å². The zero-order valence-corrected chi connectivity index (χ0v) is 10.00. The number of nitrogens with two attached hydrogens (primary N) is 1. The van der Waals surface area contributed by atoms with Crippen molar-refractivity contribution < 1.29 is 0 Å². The first-order valence-corrected chi connectivity index (χ1v) is 6.09. The first-order valence-electron chi connectivity index (χ1n) is 5.30. The number of hydrogen-bond donors (Lipinski definition) is 1. The molecule has 0 saturated carbocycles. The molecule has 1 unspecified atom stereocenters. The molecule has 2 aromatic rings. The number of halogens is 1. The number of hydrogen-bond acceptors (Lipinski definition) is 1. The highest BCUT2D eigenvalue weighted by Gasteiger charge is 2.18. The minimum atomic E-state index is 0.213. The second kappa shape index (κ2) is 3.35. The fourth-order valence-corrected chi connectivity index (χ4v) is 2.82. The zero-order chi connectivity index (χ0) is 10.4. The molecule has 2 N–H and O–H groups in total. The second-order valence-electron chi connectivity index (χ2n) is 4.17. The van der Waals surface area contributed by atoms with Gasteiger partial charge in [0.25, 0.3) is 0 Å². The van der Waals surface area contributed by atoms with Crippen molar-refractivity contribution in [1.29, 1.82) is 0 Å². The molecule has 3 rings (SSSR count). The van der Waals surface area contributed by atoms with E-state index in [4.69, 9.17) is 5.73 Å². The highest BCUT2D eigenvalue weighted by molar-refractivity contribution is 9.10. The third-order valence-electron chi connectivity index (χ3n) is 3.17. The predicted octanol–water partition coefficient (Wildman–Crippen LogP) is 3.20. The van der Waals surface area contributed by atoms with E-state index in [0.29, 0.717) is 0 Å². The molecule has 0 saturated heterocycles. The molecule has 78 valence electrons. The van der Waals surface area contributed by atoms with Crippen LogP contribution in [0.15, 0.2) is 28.7 Å². The molecule has 1 aromatic carbocycles. The zero-order valence-electron chi connectivity index (χ0n) is 8.41. The number of aromatic nitrogens is 1. The highest BCUT2D eigenvalue weighted by Crippen LogP contribution is 2.31. The molecule has 1 atom stereocenters. The van der Waals surface area contributed by atoms with Crippen molar-refractivity contribution in [3.05, 3.63) is 34.4 Å². The van der Waals surface area contributed by atoms with E-state index in [-0.39, 0.29) is 6.04 Å². The molecule has 0 aliphatic carbocycles. The predicted molar refractivity (Wildman–Crippen MR) is 65.8 cm³/mol. The van der Waals surface area contributed by atoms with E-state index in [1.807, 2.05) is 0 Å². The van der Waals surface area contributed by atoms with E-state index in [9.17, 15) is 0 Å². The Morgan fingerprint density at radius 1 is 1.33 bits per heavy atom. The minimum absolute atomic E-state index is 0.213. The monoisotopic (exact) mass is 264 g/mol. The van der Waals surface area contributed by atoms with Crippen LogP contribution in [0.5, 0.6) is 0 Å². The topological polar surface area (TPSA) is 30.9 Å². The Morgan fingerprint density at radius 2 is 2.20 bits per heavy atom. The van der Waals surface area contributed by atoms with Gasteiger partial charge in [0.15, 0.2) is 0 Å². The Bertz CT molecular complexity index is 516. The van der Waals surface area contributed by atoms with Crippen LogP contribution in [0.2, 0.25) is 0 Å². The van der Waals surface area contributed by atoms with Gasteiger partial charge in [-0.15, -0.1) is 0 Å². The molecule has 3 heteroatoms. The third-order valence-corrected chi connectivity index (χ3v) is 3.67. The van der Waals surface area contributed by atoms with Crippen LogP contribution in [0, 0.1) is 0 Å². The Balaban J connectivity index is 2.30. The van der Waals surface area contributed by atoms with E-state index in [1.165, 1.54) is 23.0 Å². The average Bonchev–Trinajstić information content (AvgIpc) is 2.57. The molecule has 0 radical (unpaired) electrons.